The van der Waals surface area contributed by atoms with Crippen LogP contribution in [0.15, 0.2) is 71.8 Å². The lowest BCUT2D eigenvalue weighted by molar-refractivity contribution is 0.947. The van der Waals surface area contributed by atoms with Gasteiger partial charge in [0.25, 0.3) is 5.56 Å². The van der Waals surface area contributed by atoms with Crippen LogP contribution >= 0.6 is 0 Å². The lowest BCUT2D eigenvalue weighted by Crippen LogP contribution is -2.23. The Balaban J connectivity index is 1.94. The van der Waals surface area contributed by atoms with E-state index in [0.717, 1.165) is 39.1 Å². The zero-order valence-corrected chi connectivity index (χ0v) is 17.0. The maximum atomic E-state index is 13.9. The molecule has 0 amide bonds. The molecule has 5 aromatic rings. The molecule has 6 nitrogen and oxygen atoms in total. The first-order chi connectivity index (χ1) is 14.6. The van der Waals surface area contributed by atoms with Gasteiger partial charge in [-0.05, 0) is 48.9 Å². The number of anilines is 1. The molecule has 0 bridgehead atoms. The highest BCUT2D eigenvalue weighted by Gasteiger charge is 2.20. The number of imidazole rings is 1. The van der Waals surface area contributed by atoms with E-state index in [1.807, 2.05) is 86.2 Å². The Kier molecular flexibility index (Phi) is 4.13. The molecule has 5 rings (SSSR count). The minimum atomic E-state index is -0.113. The quantitative estimate of drug-likeness (QED) is 0.495. The molecular formula is C24H21N5O. The monoisotopic (exact) mass is 395 g/mol. The summed E-state index contributed by atoms with van der Waals surface area (Å²) in [5.41, 5.74) is 6.27. The molecule has 0 spiro atoms. The number of nitrogens with one attached hydrogen (secondary N) is 1. The summed E-state index contributed by atoms with van der Waals surface area (Å²) in [5, 5.41) is 4.15. The number of hydrogen-bond acceptors (Lipinski definition) is 4. The summed E-state index contributed by atoms with van der Waals surface area (Å²) >= 11 is 0. The number of para-hydroxylation sites is 1. The third-order valence-corrected chi connectivity index (χ3v) is 5.44. The zero-order valence-electron chi connectivity index (χ0n) is 17.0. The standard InChI is InChI=1S/C24H21N5O/c1-15-9-11-18-22(25-2)21(16-10-12-19-20(13-16)28(3)14-26-19)24(30)29(23(18)27-15)17-7-5-4-6-8-17/h4-14,25H,1-3H3. The van der Waals surface area contributed by atoms with Gasteiger partial charge in [0.15, 0.2) is 0 Å². The van der Waals surface area contributed by atoms with E-state index >= 15 is 0 Å². The molecule has 30 heavy (non-hydrogen) atoms. The predicted octanol–water partition coefficient (Wildman–Crippen LogP) is 4.29. The van der Waals surface area contributed by atoms with E-state index in [2.05, 4.69) is 10.3 Å². The van der Waals surface area contributed by atoms with Crippen molar-refractivity contribution in [1.82, 2.24) is 19.1 Å². The molecule has 148 valence electrons. The van der Waals surface area contributed by atoms with Crippen LogP contribution in [0.3, 0.4) is 0 Å². The Hall–Kier alpha value is -3.93. The van der Waals surface area contributed by atoms with Crippen LogP contribution in [-0.4, -0.2) is 26.1 Å². The number of benzene rings is 2. The number of aryl methyl sites for hydroxylation is 2. The maximum Gasteiger partial charge on any atom is 0.266 e. The van der Waals surface area contributed by atoms with E-state index in [1.54, 1.807) is 10.9 Å². The molecule has 2 aromatic carbocycles. The van der Waals surface area contributed by atoms with Crippen LogP contribution in [-0.2, 0) is 7.05 Å². The molecule has 0 aliphatic rings. The van der Waals surface area contributed by atoms with Gasteiger partial charge in [-0.3, -0.25) is 9.36 Å². The zero-order chi connectivity index (χ0) is 20.8. The first-order valence-electron chi connectivity index (χ1n) is 9.79. The van der Waals surface area contributed by atoms with Gasteiger partial charge in [0, 0.05) is 25.2 Å². The molecule has 0 unspecified atom stereocenters. The highest BCUT2D eigenvalue weighted by atomic mass is 16.1. The van der Waals surface area contributed by atoms with Crippen molar-refractivity contribution in [2.75, 3.05) is 12.4 Å². The molecule has 0 aliphatic carbocycles. The van der Waals surface area contributed by atoms with Gasteiger partial charge in [-0.1, -0.05) is 24.3 Å². The van der Waals surface area contributed by atoms with Crippen molar-refractivity contribution in [3.63, 3.8) is 0 Å². The minimum absolute atomic E-state index is 0.113. The summed E-state index contributed by atoms with van der Waals surface area (Å²) in [4.78, 5) is 23.0. The van der Waals surface area contributed by atoms with Crippen LogP contribution in [0, 0.1) is 6.92 Å². The van der Waals surface area contributed by atoms with Crippen molar-refractivity contribution in [2.24, 2.45) is 7.05 Å². The van der Waals surface area contributed by atoms with Gasteiger partial charge in [0.2, 0.25) is 0 Å². The largest absolute Gasteiger partial charge is 0.387 e. The van der Waals surface area contributed by atoms with Crippen molar-refractivity contribution < 1.29 is 0 Å². The lowest BCUT2D eigenvalue weighted by atomic mass is 10.0. The summed E-state index contributed by atoms with van der Waals surface area (Å²) in [6, 6.07) is 19.6. The summed E-state index contributed by atoms with van der Waals surface area (Å²) in [5.74, 6) is 0. The molecule has 0 saturated carbocycles. The number of nitrogens with zero attached hydrogens (tertiary/aromatic N) is 4. The van der Waals surface area contributed by atoms with Gasteiger partial charge >= 0.3 is 0 Å². The van der Waals surface area contributed by atoms with E-state index in [-0.39, 0.29) is 5.56 Å². The molecule has 0 atom stereocenters. The Morgan fingerprint density at radius 2 is 1.80 bits per heavy atom. The number of rotatable bonds is 3. The van der Waals surface area contributed by atoms with E-state index in [0.29, 0.717) is 11.2 Å². The molecule has 0 aliphatic heterocycles. The summed E-state index contributed by atoms with van der Waals surface area (Å²) in [6.45, 7) is 1.93. The van der Waals surface area contributed by atoms with Crippen molar-refractivity contribution in [3.8, 4) is 16.8 Å². The predicted molar refractivity (Wildman–Crippen MR) is 121 cm³/mol. The van der Waals surface area contributed by atoms with Crippen LogP contribution in [0.1, 0.15) is 5.69 Å². The Labute approximate surface area is 173 Å². The first kappa shape index (κ1) is 18.1. The van der Waals surface area contributed by atoms with Gasteiger partial charge in [-0.2, -0.15) is 0 Å². The van der Waals surface area contributed by atoms with Crippen LogP contribution in [0.5, 0.6) is 0 Å². The highest BCUT2D eigenvalue weighted by molar-refractivity contribution is 6.00. The Morgan fingerprint density at radius 1 is 1.00 bits per heavy atom. The summed E-state index contributed by atoms with van der Waals surface area (Å²) < 4.78 is 3.66. The molecule has 3 aromatic heterocycles. The van der Waals surface area contributed by atoms with Crippen LogP contribution < -0.4 is 10.9 Å². The number of aromatic nitrogens is 4. The second-order valence-electron chi connectivity index (χ2n) is 7.36. The summed E-state index contributed by atoms with van der Waals surface area (Å²) in [7, 11) is 3.79. The van der Waals surface area contributed by atoms with Crippen LogP contribution in [0.2, 0.25) is 0 Å². The Bertz CT molecular complexity index is 1460. The number of hydrogen-bond donors (Lipinski definition) is 1. The van der Waals surface area contributed by atoms with E-state index in [1.165, 1.54) is 0 Å². The second-order valence-corrected chi connectivity index (χ2v) is 7.36. The van der Waals surface area contributed by atoms with E-state index in [9.17, 15) is 4.79 Å². The van der Waals surface area contributed by atoms with Gasteiger partial charge in [-0.25, -0.2) is 9.97 Å². The lowest BCUT2D eigenvalue weighted by Gasteiger charge is -2.18. The third-order valence-electron chi connectivity index (χ3n) is 5.44. The molecule has 6 heteroatoms. The number of fused-ring (bicyclic) bond motifs is 2. The van der Waals surface area contributed by atoms with Crippen molar-refractivity contribution in [3.05, 3.63) is 83.0 Å². The van der Waals surface area contributed by atoms with E-state index in [4.69, 9.17) is 4.98 Å². The third kappa shape index (κ3) is 2.69. The average molecular weight is 395 g/mol. The van der Waals surface area contributed by atoms with Crippen LogP contribution in [0.4, 0.5) is 5.69 Å². The fourth-order valence-corrected chi connectivity index (χ4v) is 3.98. The second kappa shape index (κ2) is 6.84. The van der Waals surface area contributed by atoms with Crippen molar-refractivity contribution in [1.29, 1.82) is 0 Å². The van der Waals surface area contributed by atoms with Crippen molar-refractivity contribution in [2.45, 2.75) is 6.92 Å². The molecule has 0 saturated heterocycles. The molecular weight excluding hydrogens is 374 g/mol. The smallest absolute Gasteiger partial charge is 0.266 e. The molecule has 1 N–H and O–H groups in total. The minimum Gasteiger partial charge on any atom is -0.387 e. The highest BCUT2D eigenvalue weighted by Crippen LogP contribution is 2.33. The SMILES string of the molecule is CNc1c(-c2ccc3ncn(C)c3c2)c(=O)n(-c2ccccc2)c2nc(C)ccc12. The normalized spacial score (nSPS) is 11.3. The Morgan fingerprint density at radius 3 is 2.57 bits per heavy atom. The van der Waals surface area contributed by atoms with Gasteiger partial charge in [-0.15, -0.1) is 0 Å². The van der Waals surface area contributed by atoms with Crippen molar-refractivity contribution >= 4 is 27.8 Å². The fraction of sp³-hybridized carbons (Fsp3) is 0.125. The molecule has 0 radical (unpaired) electrons. The van der Waals surface area contributed by atoms with Gasteiger partial charge < -0.3 is 9.88 Å². The first-order valence-corrected chi connectivity index (χ1v) is 9.79. The topological polar surface area (TPSA) is 64.7 Å². The average Bonchev–Trinajstić information content (AvgIpc) is 3.13. The summed E-state index contributed by atoms with van der Waals surface area (Å²) in [6.07, 6.45) is 1.78. The van der Waals surface area contributed by atoms with Crippen LogP contribution in [0.25, 0.3) is 38.9 Å². The molecule has 0 fully saturated rings. The molecule has 3 heterocycles. The number of pyridine rings is 2. The van der Waals surface area contributed by atoms with Gasteiger partial charge in [0.05, 0.1) is 34.3 Å². The fourth-order valence-electron chi connectivity index (χ4n) is 3.98. The van der Waals surface area contributed by atoms with Gasteiger partial charge in [0.1, 0.15) is 5.65 Å². The maximum absolute atomic E-state index is 13.9. The van der Waals surface area contributed by atoms with E-state index < -0.39 is 0 Å².